The zero-order chi connectivity index (χ0) is 21.8. The lowest BCUT2D eigenvalue weighted by molar-refractivity contribution is -0.138. The summed E-state index contributed by atoms with van der Waals surface area (Å²) in [5.74, 6) is 1.74. The molecule has 1 saturated heterocycles. The summed E-state index contributed by atoms with van der Waals surface area (Å²) in [6.07, 6.45) is 10.5. The molecule has 1 aromatic rings. The van der Waals surface area contributed by atoms with Gasteiger partial charge in [0.15, 0.2) is 0 Å². The van der Waals surface area contributed by atoms with E-state index in [9.17, 15) is 9.90 Å². The lowest BCUT2D eigenvalue weighted by Gasteiger charge is -2.52. The molecule has 2 saturated carbocycles. The van der Waals surface area contributed by atoms with Gasteiger partial charge in [0.05, 0.1) is 26.4 Å². The molecular formula is C25H38N2O4. The number of carbonyl (C=O) groups is 1. The highest BCUT2D eigenvalue weighted by Crippen LogP contribution is 2.51. The van der Waals surface area contributed by atoms with Crippen molar-refractivity contribution in [2.75, 3.05) is 27.3 Å². The Morgan fingerprint density at radius 1 is 1.10 bits per heavy atom. The molecule has 2 N–H and O–H groups in total. The molecule has 172 valence electrons. The van der Waals surface area contributed by atoms with Crippen molar-refractivity contribution in [3.63, 3.8) is 0 Å². The van der Waals surface area contributed by atoms with E-state index in [0.29, 0.717) is 19.1 Å². The first-order chi connectivity index (χ1) is 15.0. The maximum Gasteiger partial charge on any atom is 0.234 e. The number of hydrogen-bond donors (Lipinski definition) is 2. The fourth-order valence-corrected chi connectivity index (χ4v) is 6.11. The predicted octanol–water partition coefficient (Wildman–Crippen LogP) is 3.82. The van der Waals surface area contributed by atoms with Crippen molar-refractivity contribution in [3.8, 4) is 11.5 Å². The van der Waals surface area contributed by atoms with E-state index in [1.165, 1.54) is 19.3 Å². The number of fused-ring (bicyclic) bond motifs is 1. The maximum absolute atomic E-state index is 13.0. The summed E-state index contributed by atoms with van der Waals surface area (Å²) in [6.45, 7) is 1.06. The molecule has 6 nitrogen and oxygen atoms in total. The van der Waals surface area contributed by atoms with Gasteiger partial charge in [-0.25, -0.2) is 0 Å². The molecular weight excluding hydrogens is 392 g/mol. The van der Waals surface area contributed by atoms with Crippen molar-refractivity contribution in [2.45, 2.75) is 81.9 Å². The van der Waals surface area contributed by atoms with Crippen LogP contribution in [0.1, 0.15) is 75.8 Å². The SMILES string of the molecule is COc1ccc(OC)c([C@@H]2[C@H]3CCCC[C@]3(O)CCN2CC(=O)NC2CCCCC2)c1. The Balaban J connectivity index is 1.61. The molecule has 31 heavy (non-hydrogen) atoms. The summed E-state index contributed by atoms with van der Waals surface area (Å²) >= 11 is 0. The lowest BCUT2D eigenvalue weighted by atomic mass is 9.66. The van der Waals surface area contributed by atoms with Crippen molar-refractivity contribution < 1.29 is 19.4 Å². The summed E-state index contributed by atoms with van der Waals surface area (Å²) in [5, 5.41) is 14.8. The minimum absolute atomic E-state index is 0.0683. The van der Waals surface area contributed by atoms with E-state index in [0.717, 1.165) is 62.0 Å². The van der Waals surface area contributed by atoms with Gasteiger partial charge in [-0.05, 0) is 50.3 Å². The molecule has 0 aromatic heterocycles. The van der Waals surface area contributed by atoms with E-state index in [1.807, 2.05) is 18.2 Å². The molecule has 0 bridgehead atoms. The molecule has 1 heterocycles. The number of likely N-dealkylation sites (tertiary alicyclic amines) is 1. The number of rotatable bonds is 6. The Morgan fingerprint density at radius 3 is 2.61 bits per heavy atom. The second kappa shape index (κ2) is 9.78. The number of nitrogens with one attached hydrogen (secondary N) is 1. The molecule has 1 aromatic carbocycles. The zero-order valence-corrected chi connectivity index (χ0v) is 19.1. The van der Waals surface area contributed by atoms with Crippen molar-refractivity contribution in [1.29, 1.82) is 0 Å². The van der Waals surface area contributed by atoms with Crippen LogP contribution in [0.3, 0.4) is 0 Å². The molecule has 1 amide bonds. The average Bonchev–Trinajstić information content (AvgIpc) is 2.79. The van der Waals surface area contributed by atoms with E-state index in [2.05, 4.69) is 10.2 Å². The molecule has 0 spiro atoms. The van der Waals surface area contributed by atoms with Crippen molar-refractivity contribution in [2.24, 2.45) is 5.92 Å². The molecule has 6 heteroatoms. The Bertz CT molecular complexity index is 764. The third kappa shape index (κ3) is 4.85. The third-order valence-corrected chi connectivity index (χ3v) is 7.74. The van der Waals surface area contributed by atoms with Crippen LogP contribution < -0.4 is 14.8 Å². The van der Waals surface area contributed by atoms with Crippen LogP contribution in [0.2, 0.25) is 0 Å². The minimum atomic E-state index is -0.673. The number of hydrogen-bond acceptors (Lipinski definition) is 5. The Hall–Kier alpha value is -1.79. The first-order valence-electron chi connectivity index (χ1n) is 12.0. The smallest absolute Gasteiger partial charge is 0.234 e. The van der Waals surface area contributed by atoms with E-state index >= 15 is 0 Å². The number of carbonyl (C=O) groups excluding carboxylic acids is 1. The number of amides is 1. The summed E-state index contributed by atoms with van der Waals surface area (Å²) in [6, 6.07) is 6.10. The number of aliphatic hydroxyl groups is 1. The second-order valence-corrected chi connectivity index (χ2v) is 9.63. The quantitative estimate of drug-likeness (QED) is 0.718. The monoisotopic (exact) mass is 430 g/mol. The molecule has 3 fully saturated rings. The van der Waals surface area contributed by atoms with E-state index < -0.39 is 5.60 Å². The van der Waals surface area contributed by atoms with Crippen LogP contribution in [0.25, 0.3) is 0 Å². The first kappa shape index (κ1) is 22.4. The highest BCUT2D eigenvalue weighted by atomic mass is 16.5. The van der Waals surface area contributed by atoms with Gasteiger partial charge in [-0.1, -0.05) is 32.1 Å². The Kier molecular flexibility index (Phi) is 7.07. The predicted molar refractivity (Wildman–Crippen MR) is 120 cm³/mol. The van der Waals surface area contributed by atoms with E-state index in [4.69, 9.17) is 9.47 Å². The molecule has 3 aliphatic rings. The topological polar surface area (TPSA) is 71.0 Å². The van der Waals surface area contributed by atoms with Crippen LogP contribution in [0.5, 0.6) is 11.5 Å². The van der Waals surface area contributed by atoms with Crippen LogP contribution in [0.15, 0.2) is 18.2 Å². The molecule has 1 aliphatic heterocycles. The number of methoxy groups -OCH3 is 2. The molecule has 4 rings (SSSR count). The molecule has 0 unspecified atom stereocenters. The van der Waals surface area contributed by atoms with Crippen molar-refractivity contribution >= 4 is 5.91 Å². The summed E-state index contributed by atoms with van der Waals surface area (Å²) in [4.78, 5) is 15.3. The zero-order valence-electron chi connectivity index (χ0n) is 19.1. The Labute approximate surface area is 186 Å². The largest absolute Gasteiger partial charge is 0.497 e. The second-order valence-electron chi connectivity index (χ2n) is 9.63. The van der Waals surface area contributed by atoms with Gasteiger partial charge in [-0.2, -0.15) is 0 Å². The van der Waals surface area contributed by atoms with Gasteiger partial charge >= 0.3 is 0 Å². The van der Waals surface area contributed by atoms with Crippen LogP contribution in [0.4, 0.5) is 0 Å². The van der Waals surface area contributed by atoms with Crippen LogP contribution in [-0.2, 0) is 4.79 Å². The first-order valence-corrected chi connectivity index (χ1v) is 12.0. The number of ether oxygens (including phenoxy) is 2. The van der Waals surface area contributed by atoms with Crippen LogP contribution >= 0.6 is 0 Å². The van der Waals surface area contributed by atoms with Crippen LogP contribution in [0, 0.1) is 5.92 Å². The van der Waals surface area contributed by atoms with Gasteiger partial charge in [0, 0.05) is 30.1 Å². The normalized spacial score (nSPS) is 29.8. The van der Waals surface area contributed by atoms with Crippen LogP contribution in [-0.4, -0.2) is 54.9 Å². The van der Waals surface area contributed by atoms with Gasteiger partial charge in [0.1, 0.15) is 11.5 Å². The summed E-state index contributed by atoms with van der Waals surface area (Å²) < 4.78 is 11.2. The lowest BCUT2D eigenvalue weighted by Crippen LogP contribution is -2.56. The van der Waals surface area contributed by atoms with Gasteiger partial charge in [-0.3, -0.25) is 9.69 Å². The van der Waals surface area contributed by atoms with Crippen molar-refractivity contribution in [3.05, 3.63) is 23.8 Å². The van der Waals surface area contributed by atoms with Gasteiger partial charge in [0.25, 0.3) is 0 Å². The molecule has 2 aliphatic carbocycles. The van der Waals surface area contributed by atoms with E-state index in [1.54, 1.807) is 14.2 Å². The third-order valence-electron chi connectivity index (χ3n) is 7.74. The minimum Gasteiger partial charge on any atom is -0.497 e. The number of benzene rings is 1. The summed E-state index contributed by atoms with van der Waals surface area (Å²) in [7, 11) is 3.35. The van der Waals surface area contributed by atoms with Gasteiger partial charge < -0.3 is 19.9 Å². The maximum atomic E-state index is 13.0. The molecule has 3 atom stereocenters. The standard InChI is InChI=1S/C25H38N2O4/c1-30-19-11-12-22(31-2)20(16-19)24-21-10-6-7-13-25(21,29)14-15-27(24)17-23(28)26-18-8-4-3-5-9-18/h11-12,16,18,21,24,29H,3-10,13-15,17H2,1-2H3,(H,26,28)/t21-,24-,25+/m1/s1. The molecule has 0 radical (unpaired) electrons. The van der Waals surface area contributed by atoms with Gasteiger partial charge in [-0.15, -0.1) is 0 Å². The number of piperidine rings is 1. The highest BCUT2D eigenvalue weighted by molar-refractivity contribution is 5.78. The fraction of sp³-hybridized carbons (Fsp3) is 0.720. The fourth-order valence-electron chi connectivity index (χ4n) is 6.11. The number of nitrogens with zero attached hydrogens (tertiary/aromatic N) is 1. The highest BCUT2D eigenvalue weighted by Gasteiger charge is 2.50. The van der Waals surface area contributed by atoms with Crippen molar-refractivity contribution in [1.82, 2.24) is 10.2 Å². The summed E-state index contributed by atoms with van der Waals surface area (Å²) in [5.41, 5.74) is 0.338. The van der Waals surface area contributed by atoms with E-state index in [-0.39, 0.29) is 17.9 Å². The average molecular weight is 431 g/mol. The Morgan fingerprint density at radius 2 is 1.87 bits per heavy atom. The van der Waals surface area contributed by atoms with Gasteiger partial charge in [0.2, 0.25) is 5.91 Å².